The molecule has 0 radical (unpaired) electrons. The maximum Gasteiger partial charge on any atom is 0.233 e. The summed E-state index contributed by atoms with van der Waals surface area (Å²) in [6, 6.07) is 0. The summed E-state index contributed by atoms with van der Waals surface area (Å²) < 4.78 is 0. The van der Waals surface area contributed by atoms with E-state index in [2.05, 4.69) is 20.6 Å². The second-order valence-electron chi connectivity index (χ2n) is 2.68. The molecule has 0 aliphatic carbocycles. The molecule has 0 spiro atoms. The Morgan fingerprint density at radius 1 is 1.69 bits per heavy atom. The first-order chi connectivity index (χ1) is 6.33. The largest absolute Gasteiger partial charge is 0.358 e. The number of hydrogen-bond acceptors (Lipinski definition) is 3. The molecular formula is C8H14N4O. The second-order valence-corrected chi connectivity index (χ2v) is 2.68. The summed E-state index contributed by atoms with van der Waals surface area (Å²) in [5.74, 6) is 0.00427. The molecule has 0 bridgehead atoms. The lowest BCUT2D eigenvalue weighted by molar-refractivity contribution is -0.119. The van der Waals surface area contributed by atoms with Gasteiger partial charge in [-0.05, 0) is 0 Å². The lowest BCUT2D eigenvalue weighted by Crippen LogP contribution is -2.32. The normalized spacial score (nSPS) is 9.92. The molecule has 0 unspecified atom stereocenters. The van der Waals surface area contributed by atoms with Gasteiger partial charge in [-0.15, -0.1) is 0 Å². The Morgan fingerprint density at radius 3 is 3.15 bits per heavy atom. The van der Waals surface area contributed by atoms with Crippen molar-refractivity contribution in [1.29, 1.82) is 0 Å². The van der Waals surface area contributed by atoms with E-state index < -0.39 is 0 Å². The Labute approximate surface area is 76.9 Å². The fourth-order valence-electron chi connectivity index (χ4n) is 0.935. The van der Waals surface area contributed by atoms with Crippen LogP contribution in [-0.4, -0.2) is 36.0 Å². The number of aromatic nitrogens is 2. The standard InChI is InChI=1S/C8H14N4O/c1-9-8(13)5-10-3-2-7-4-11-6-12-7/h4,6,10H,2-3,5H2,1H3,(H,9,13)(H,11,12). The summed E-state index contributed by atoms with van der Waals surface area (Å²) in [6.07, 6.45) is 4.28. The van der Waals surface area contributed by atoms with Gasteiger partial charge in [0, 0.05) is 31.9 Å². The van der Waals surface area contributed by atoms with Crippen LogP contribution in [0.2, 0.25) is 0 Å². The van der Waals surface area contributed by atoms with Crippen LogP contribution in [0.5, 0.6) is 0 Å². The van der Waals surface area contributed by atoms with Gasteiger partial charge in [-0.25, -0.2) is 4.98 Å². The Hall–Kier alpha value is -1.36. The summed E-state index contributed by atoms with van der Waals surface area (Å²) in [6.45, 7) is 1.14. The van der Waals surface area contributed by atoms with Crippen molar-refractivity contribution < 1.29 is 4.79 Å². The smallest absolute Gasteiger partial charge is 0.233 e. The number of hydrogen-bond donors (Lipinski definition) is 3. The number of rotatable bonds is 5. The fourth-order valence-corrected chi connectivity index (χ4v) is 0.935. The SMILES string of the molecule is CNC(=O)CNCCc1cnc[nH]1. The molecular weight excluding hydrogens is 168 g/mol. The first-order valence-electron chi connectivity index (χ1n) is 4.21. The van der Waals surface area contributed by atoms with Crippen molar-refractivity contribution in [2.75, 3.05) is 20.1 Å². The van der Waals surface area contributed by atoms with E-state index in [0.29, 0.717) is 6.54 Å². The Balaban J connectivity index is 2.05. The van der Waals surface area contributed by atoms with Crippen molar-refractivity contribution in [3.63, 3.8) is 0 Å². The third-order valence-electron chi connectivity index (χ3n) is 1.69. The first kappa shape index (κ1) is 9.73. The van der Waals surface area contributed by atoms with Crippen LogP contribution >= 0.6 is 0 Å². The number of imidazole rings is 1. The molecule has 0 saturated carbocycles. The highest BCUT2D eigenvalue weighted by Crippen LogP contribution is 1.89. The van der Waals surface area contributed by atoms with Gasteiger partial charge in [0.25, 0.3) is 0 Å². The van der Waals surface area contributed by atoms with Crippen molar-refractivity contribution >= 4 is 5.91 Å². The molecule has 0 saturated heterocycles. The molecule has 0 atom stereocenters. The molecule has 0 aliphatic rings. The van der Waals surface area contributed by atoms with Gasteiger partial charge < -0.3 is 15.6 Å². The summed E-state index contributed by atoms with van der Waals surface area (Å²) in [7, 11) is 1.62. The molecule has 0 aromatic carbocycles. The average molecular weight is 182 g/mol. The average Bonchev–Trinajstić information content (AvgIpc) is 2.64. The molecule has 13 heavy (non-hydrogen) atoms. The highest BCUT2D eigenvalue weighted by molar-refractivity contribution is 5.77. The van der Waals surface area contributed by atoms with Crippen LogP contribution in [0.1, 0.15) is 5.69 Å². The summed E-state index contributed by atoms with van der Waals surface area (Å²) >= 11 is 0. The van der Waals surface area contributed by atoms with Gasteiger partial charge in [0.2, 0.25) is 5.91 Å². The lowest BCUT2D eigenvalue weighted by atomic mass is 10.3. The van der Waals surface area contributed by atoms with E-state index in [9.17, 15) is 4.79 Å². The van der Waals surface area contributed by atoms with Gasteiger partial charge in [-0.3, -0.25) is 4.79 Å². The third kappa shape index (κ3) is 3.71. The Kier molecular flexibility index (Phi) is 3.98. The molecule has 3 N–H and O–H groups in total. The van der Waals surface area contributed by atoms with Crippen LogP contribution in [0.15, 0.2) is 12.5 Å². The zero-order valence-corrected chi connectivity index (χ0v) is 7.63. The molecule has 1 amide bonds. The van der Waals surface area contributed by atoms with Crippen molar-refractivity contribution in [1.82, 2.24) is 20.6 Å². The van der Waals surface area contributed by atoms with Crippen molar-refractivity contribution in [2.24, 2.45) is 0 Å². The summed E-state index contributed by atoms with van der Waals surface area (Å²) in [5, 5.41) is 5.55. The number of likely N-dealkylation sites (N-methyl/N-ethyl adjacent to an activating group) is 1. The van der Waals surface area contributed by atoms with Gasteiger partial charge in [-0.2, -0.15) is 0 Å². The van der Waals surface area contributed by atoms with E-state index in [0.717, 1.165) is 18.7 Å². The topological polar surface area (TPSA) is 69.8 Å². The van der Waals surface area contributed by atoms with Crippen LogP contribution in [0.25, 0.3) is 0 Å². The third-order valence-corrected chi connectivity index (χ3v) is 1.69. The van der Waals surface area contributed by atoms with Crippen LogP contribution < -0.4 is 10.6 Å². The highest BCUT2D eigenvalue weighted by Gasteiger charge is 1.96. The summed E-state index contributed by atoms with van der Waals surface area (Å²) in [4.78, 5) is 17.7. The molecule has 5 nitrogen and oxygen atoms in total. The van der Waals surface area contributed by atoms with Crippen LogP contribution in [0.4, 0.5) is 0 Å². The Bertz CT molecular complexity index is 245. The predicted octanol–water partition coefficient (Wildman–Crippen LogP) is -0.712. The van der Waals surface area contributed by atoms with Crippen molar-refractivity contribution in [2.45, 2.75) is 6.42 Å². The van der Waals surface area contributed by atoms with E-state index in [4.69, 9.17) is 0 Å². The predicted molar refractivity (Wildman–Crippen MR) is 49.2 cm³/mol. The maximum atomic E-state index is 10.8. The fraction of sp³-hybridized carbons (Fsp3) is 0.500. The van der Waals surface area contributed by atoms with Crippen LogP contribution in [0, 0.1) is 0 Å². The van der Waals surface area contributed by atoms with Gasteiger partial charge in [0.1, 0.15) is 0 Å². The summed E-state index contributed by atoms with van der Waals surface area (Å²) in [5.41, 5.74) is 1.07. The number of nitrogens with one attached hydrogen (secondary N) is 3. The van der Waals surface area contributed by atoms with E-state index in [1.165, 1.54) is 0 Å². The van der Waals surface area contributed by atoms with E-state index in [1.54, 1.807) is 19.6 Å². The van der Waals surface area contributed by atoms with Gasteiger partial charge in [0.15, 0.2) is 0 Å². The minimum absolute atomic E-state index is 0.00427. The number of H-pyrrole nitrogens is 1. The molecule has 1 aromatic rings. The number of carbonyl (C=O) groups is 1. The quantitative estimate of drug-likeness (QED) is 0.527. The van der Waals surface area contributed by atoms with E-state index >= 15 is 0 Å². The van der Waals surface area contributed by atoms with Gasteiger partial charge >= 0.3 is 0 Å². The number of aromatic amines is 1. The number of nitrogens with zero attached hydrogens (tertiary/aromatic N) is 1. The monoisotopic (exact) mass is 182 g/mol. The zero-order chi connectivity index (χ0) is 9.52. The maximum absolute atomic E-state index is 10.8. The number of carbonyl (C=O) groups excluding carboxylic acids is 1. The van der Waals surface area contributed by atoms with E-state index in [-0.39, 0.29) is 5.91 Å². The molecule has 0 aliphatic heterocycles. The Morgan fingerprint density at radius 2 is 2.54 bits per heavy atom. The van der Waals surface area contributed by atoms with E-state index in [1.807, 2.05) is 0 Å². The zero-order valence-electron chi connectivity index (χ0n) is 7.63. The van der Waals surface area contributed by atoms with Crippen LogP contribution in [0.3, 0.4) is 0 Å². The highest BCUT2D eigenvalue weighted by atomic mass is 16.1. The van der Waals surface area contributed by atoms with Gasteiger partial charge in [-0.1, -0.05) is 0 Å². The van der Waals surface area contributed by atoms with Crippen LogP contribution in [-0.2, 0) is 11.2 Å². The van der Waals surface area contributed by atoms with Crippen molar-refractivity contribution in [3.8, 4) is 0 Å². The molecule has 1 rings (SSSR count). The number of amides is 1. The second kappa shape index (κ2) is 5.31. The van der Waals surface area contributed by atoms with Crippen molar-refractivity contribution in [3.05, 3.63) is 18.2 Å². The minimum Gasteiger partial charge on any atom is -0.358 e. The first-order valence-corrected chi connectivity index (χ1v) is 4.21. The molecule has 72 valence electrons. The molecule has 1 aromatic heterocycles. The molecule has 5 heteroatoms. The minimum atomic E-state index is 0.00427. The molecule has 0 fully saturated rings. The molecule has 1 heterocycles. The lowest BCUT2D eigenvalue weighted by Gasteiger charge is -2.01. The van der Waals surface area contributed by atoms with Gasteiger partial charge in [0.05, 0.1) is 12.9 Å².